The summed E-state index contributed by atoms with van der Waals surface area (Å²) in [6.07, 6.45) is -5.81. The molecular formula is C16H17F3N2O3S. The third-order valence-corrected chi connectivity index (χ3v) is 4.57. The van der Waals surface area contributed by atoms with Crippen LogP contribution < -0.4 is 10.5 Å². The lowest BCUT2D eigenvalue weighted by Crippen LogP contribution is -2.18. The number of primary sulfonamides is 1. The van der Waals surface area contributed by atoms with E-state index in [0.717, 1.165) is 17.7 Å². The first kappa shape index (κ1) is 19.2. The van der Waals surface area contributed by atoms with Crippen LogP contribution in [0.2, 0.25) is 0 Å². The Balaban J connectivity index is 2.29. The van der Waals surface area contributed by atoms with Crippen molar-refractivity contribution in [2.24, 2.45) is 5.14 Å². The van der Waals surface area contributed by atoms with Crippen LogP contribution in [0, 0.1) is 6.92 Å². The highest BCUT2D eigenvalue weighted by atomic mass is 32.2. The number of nitrogens with one attached hydrogen (secondary N) is 1. The average Bonchev–Trinajstić information content (AvgIpc) is 2.51. The summed E-state index contributed by atoms with van der Waals surface area (Å²) in [5, 5.41) is 17.6. The van der Waals surface area contributed by atoms with E-state index in [2.05, 4.69) is 5.32 Å². The number of aliphatic hydroxyl groups excluding tert-OH is 1. The summed E-state index contributed by atoms with van der Waals surface area (Å²) >= 11 is 0. The molecule has 5 nitrogen and oxygen atoms in total. The van der Waals surface area contributed by atoms with E-state index < -0.39 is 32.8 Å². The van der Waals surface area contributed by atoms with E-state index in [1.54, 1.807) is 31.2 Å². The van der Waals surface area contributed by atoms with Crippen molar-refractivity contribution in [1.29, 1.82) is 0 Å². The number of hydrogen-bond donors (Lipinski definition) is 3. The van der Waals surface area contributed by atoms with Crippen molar-refractivity contribution < 1.29 is 26.7 Å². The lowest BCUT2D eigenvalue weighted by Gasteiger charge is -2.19. The molecule has 9 heteroatoms. The van der Waals surface area contributed by atoms with Crippen molar-refractivity contribution in [1.82, 2.24) is 0 Å². The zero-order valence-electron chi connectivity index (χ0n) is 13.2. The fraction of sp³-hybridized carbons (Fsp3) is 0.250. The van der Waals surface area contributed by atoms with Gasteiger partial charge in [-0.2, -0.15) is 13.2 Å². The number of anilines is 1. The molecule has 0 radical (unpaired) electrons. The molecule has 2 aromatic carbocycles. The number of benzene rings is 2. The quantitative estimate of drug-likeness (QED) is 0.750. The number of nitrogens with two attached hydrogens (primary N) is 1. The standard InChI is InChI=1S/C16H17F3N2O3S/c1-10-4-2-3-5-12(10)15(22)9-21-14-7-6-11(25(20,23)24)8-13(14)16(17,18)19/h2-8,15,21-22H,9H2,1H3,(H2,20,23,24). The highest BCUT2D eigenvalue weighted by molar-refractivity contribution is 7.89. The molecule has 0 amide bonds. The van der Waals surface area contributed by atoms with Crippen LogP contribution in [0.5, 0.6) is 0 Å². The second-order valence-electron chi connectivity index (χ2n) is 5.50. The summed E-state index contributed by atoms with van der Waals surface area (Å²) in [5.74, 6) is 0. The monoisotopic (exact) mass is 374 g/mol. The summed E-state index contributed by atoms with van der Waals surface area (Å²) in [5.41, 5.74) is -0.120. The van der Waals surface area contributed by atoms with E-state index in [0.29, 0.717) is 11.6 Å². The van der Waals surface area contributed by atoms with Crippen LogP contribution in [-0.2, 0) is 16.2 Å². The number of rotatable bonds is 5. The summed E-state index contributed by atoms with van der Waals surface area (Å²) < 4.78 is 62.1. The van der Waals surface area contributed by atoms with Crippen molar-refractivity contribution in [2.75, 3.05) is 11.9 Å². The third-order valence-electron chi connectivity index (χ3n) is 3.66. The lowest BCUT2D eigenvalue weighted by molar-refractivity contribution is -0.137. The highest BCUT2D eigenvalue weighted by Crippen LogP contribution is 2.36. The Kier molecular flexibility index (Phi) is 5.40. The first-order chi connectivity index (χ1) is 11.5. The minimum atomic E-state index is -4.78. The normalized spacial score (nSPS) is 13.5. The molecule has 0 aliphatic carbocycles. The van der Waals surface area contributed by atoms with E-state index in [-0.39, 0.29) is 12.2 Å². The second kappa shape index (κ2) is 7.03. The van der Waals surface area contributed by atoms with Gasteiger partial charge in [-0.15, -0.1) is 0 Å². The van der Waals surface area contributed by atoms with Gasteiger partial charge in [-0.1, -0.05) is 24.3 Å². The van der Waals surface area contributed by atoms with Gasteiger partial charge in [-0.05, 0) is 36.2 Å². The molecule has 0 aromatic heterocycles. The molecule has 1 atom stereocenters. The van der Waals surface area contributed by atoms with Crippen LogP contribution in [0.1, 0.15) is 22.8 Å². The summed E-state index contributed by atoms with van der Waals surface area (Å²) in [7, 11) is -4.26. The van der Waals surface area contributed by atoms with E-state index in [4.69, 9.17) is 5.14 Å². The molecule has 1 unspecified atom stereocenters. The molecule has 136 valence electrons. The van der Waals surface area contributed by atoms with Crippen molar-refractivity contribution in [2.45, 2.75) is 24.1 Å². The fourth-order valence-electron chi connectivity index (χ4n) is 2.37. The molecule has 0 aliphatic heterocycles. The molecule has 0 saturated heterocycles. The molecule has 0 fully saturated rings. The van der Waals surface area contributed by atoms with Gasteiger partial charge in [0.05, 0.1) is 16.6 Å². The minimum absolute atomic E-state index is 0.178. The maximum Gasteiger partial charge on any atom is 0.418 e. The molecular weight excluding hydrogens is 357 g/mol. The van der Waals surface area contributed by atoms with Gasteiger partial charge in [0.25, 0.3) is 0 Å². The van der Waals surface area contributed by atoms with E-state index in [9.17, 15) is 26.7 Å². The van der Waals surface area contributed by atoms with Crippen LogP contribution in [-0.4, -0.2) is 20.1 Å². The molecule has 25 heavy (non-hydrogen) atoms. The van der Waals surface area contributed by atoms with E-state index >= 15 is 0 Å². The molecule has 0 saturated carbocycles. The van der Waals surface area contributed by atoms with Gasteiger partial charge in [0, 0.05) is 12.2 Å². The largest absolute Gasteiger partial charge is 0.418 e. The van der Waals surface area contributed by atoms with Crippen LogP contribution >= 0.6 is 0 Å². The predicted molar refractivity (Wildman–Crippen MR) is 87.4 cm³/mol. The zero-order valence-corrected chi connectivity index (χ0v) is 14.0. The van der Waals surface area contributed by atoms with Gasteiger partial charge in [-0.25, -0.2) is 13.6 Å². The van der Waals surface area contributed by atoms with Crippen LogP contribution in [0.15, 0.2) is 47.4 Å². The van der Waals surface area contributed by atoms with Crippen LogP contribution in [0.3, 0.4) is 0 Å². The lowest BCUT2D eigenvalue weighted by atomic mass is 10.0. The molecule has 0 aliphatic rings. The number of aliphatic hydroxyl groups is 1. The van der Waals surface area contributed by atoms with Gasteiger partial charge in [0.15, 0.2) is 0 Å². The molecule has 0 spiro atoms. The molecule has 2 aromatic rings. The first-order valence-electron chi connectivity index (χ1n) is 7.21. The Labute approximate surface area is 143 Å². The zero-order chi connectivity index (χ0) is 18.8. The summed E-state index contributed by atoms with van der Waals surface area (Å²) in [4.78, 5) is -0.634. The predicted octanol–water partition coefficient (Wildman–Crippen LogP) is 2.81. The second-order valence-corrected chi connectivity index (χ2v) is 7.06. The van der Waals surface area contributed by atoms with E-state index in [1.165, 1.54) is 0 Å². The number of halogens is 3. The highest BCUT2D eigenvalue weighted by Gasteiger charge is 2.34. The number of sulfonamides is 1. The van der Waals surface area contributed by atoms with Crippen molar-refractivity contribution >= 4 is 15.7 Å². The van der Waals surface area contributed by atoms with Gasteiger partial charge < -0.3 is 10.4 Å². The van der Waals surface area contributed by atoms with E-state index in [1.807, 2.05) is 0 Å². The Bertz CT molecular complexity index is 867. The number of hydrogen-bond acceptors (Lipinski definition) is 4. The van der Waals surface area contributed by atoms with Crippen LogP contribution in [0.4, 0.5) is 18.9 Å². The van der Waals surface area contributed by atoms with Crippen molar-refractivity contribution in [3.8, 4) is 0 Å². The third kappa shape index (κ3) is 4.71. The Hall–Kier alpha value is -2.10. The number of aryl methyl sites for hydroxylation is 1. The Morgan fingerprint density at radius 2 is 1.84 bits per heavy atom. The van der Waals surface area contributed by atoms with Crippen molar-refractivity contribution in [3.63, 3.8) is 0 Å². The van der Waals surface area contributed by atoms with Gasteiger partial charge >= 0.3 is 6.18 Å². The van der Waals surface area contributed by atoms with Gasteiger partial charge in [0.2, 0.25) is 10.0 Å². The number of alkyl halides is 3. The van der Waals surface area contributed by atoms with Gasteiger partial charge in [0.1, 0.15) is 0 Å². The van der Waals surface area contributed by atoms with Crippen LogP contribution in [0.25, 0.3) is 0 Å². The van der Waals surface area contributed by atoms with Gasteiger partial charge in [-0.3, -0.25) is 0 Å². The smallest absolute Gasteiger partial charge is 0.387 e. The Morgan fingerprint density at radius 3 is 2.40 bits per heavy atom. The first-order valence-corrected chi connectivity index (χ1v) is 8.76. The average molecular weight is 374 g/mol. The molecule has 0 bridgehead atoms. The Morgan fingerprint density at radius 1 is 1.20 bits per heavy atom. The molecule has 4 N–H and O–H groups in total. The summed E-state index contributed by atoms with van der Waals surface area (Å²) in [6, 6.07) is 9.38. The minimum Gasteiger partial charge on any atom is -0.387 e. The maximum absolute atomic E-state index is 13.2. The topological polar surface area (TPSA) is 92.4 Å². The summed E-state index contributed by atoms with van der Waals surface area (Å²) in [6.45, 7) is 1.60. The molecule has 0 heterocycles. The fourth-order valence-corrected chi connectivity index (χ4v) is 2.91. The SMILES string of the molecule is Cc1ccccc1C(O)CNc1ccc(S(N)(=O)=O)cc1C(F)(F)F. The maximum atomic E-state index is 13.2. The van der Waals surface area contributed by atoms with Crippen molar-refractivity contribution in [3.05, 3.63) is 59.2 Å². The molecule has 2 rings (SSSR count).